The van der Waals surface area contributed by atoms with Gasteiger partial charge in [0.25, 0.3) is 0 Å². The van der Waals surface area contributed by atoms with Crippen molar-refractivity contribution in [3.05, 3.63) is 27.8 Å². The van der Waals surface area contributed by atoms with E-state index < -0.39 is 17.8 Å². The first kappa shape index (κ1) is 13.8. The van der Waals surface area contributed by atoms with Crippen LogP contribution in [0.5, 0.6) is 0 Å². The number of nitrogens with one attached hydrogen (secondary N) is 1. The molecule has 20 heavy (non-hydrogen) atoms. The Morgan fingerprint density at radius 1 is 1.20 bits per heavy atom. The molecule has 2 bridgehead atoms. The molecule has 4 atom stereocenters. The number of hydrogen-bond donors (Lipinski definition) is 2. The monoisotopic (exact) mass is 387 g/mol. The lowest BCUT2D eigenvalue weighted by atomic mass is 9.78. The number of carboxylic acid groups (broad SMARTS) is 1. The number of carbonyl (C=O) groups is 2. The molecule has 3 rings (SSSR count). The zero-order valence-corrected chi connectivity index (χ0v) is 12.7. The molecule has 1 amide bonds. The van der Waals surface area contributed by atoms with Crippen LogP contribution in [0.15, 0.2) is 24.3 Å². The van der Waals surface area contributed by atoms with Crippen molar-refractivity contribution in [3.8, 4) is 0 Å². The number of carbonyl (C=O) groups excluding carboxylic acids is 1. The summed E-state index contributed by atoms with van der Waals surface area (Å²) in [6.07, 6.45) is 0.915. The highest BCUT2D eigenvalue weighted by Gasteiger charge is 2.55. The Kier molecular flexibility index (Phi) is 3.68. The lowest BCUT2D eigenvalue weighted by Gasteiger charge is -2.24. The smallest absolute Gasteiger partial charge is 0.310 e. The van der Waals surface area contributed by atoms with E-state index in [1.807, 2.05) is 24.3 Å². The number of halogens is 1. The first-order valence-corrected chi connectivity index (χ1v) is 7.59. The largest absolute Gasteiger partial charge is 0.481 e. The van der Waals surface area contributed by atoms with Crippen molar-refractivity contribution in [1.82, 2.24) is 0 Å². The predicted octanol–water partition coefficient (Wildman–Crippen LogP) is 2.11. The van der Waals surface area contributed by atoms with Crippen molar-refractivity contribution in [1.29, 1.82) is 0 Å². The van der Waals surface area contributed by atoms with Gasteiger partial charge in [-0.3, -0.25) is 9.59 Å². The maximum Gasteiger partial charge on any atom is 0.310 e. The lowest BCUT2D eigenvalue weighted by Crippen LogP contribution is -2.41. The van der Waals surface area contributed by atoms with Gasteiger partial charge in [-0.15, -0.1) is 0 Å². The van der Waals surface area contributed by atoms with Crippen LogP contribution in [0, 0.1) is 15.4 Å². The van der Waals surface area contributed by atoms with E-state index in [-0.39, 0.29) is 18.1 Å². The number of ether oxygens (including phenoxy) is 1. The Bertz CT molecular complexity index is 562. The Morgan fingerprint density at radius 2 is 1.85 bits per heavy atom. The molecule has 0 aromatic heterocycles. The van der Waals surface area contributed by atoms with Crippen molar-refractivity contribution in [2.45, 2.75) is 25.0 Å². The molecular formula is C14H14INO4. The van der Waals surface area contributed by atoms with Gasteiger partial charge in [-0.25, -0.2) is 0 Å². The molecule has 2 N–H and O–H groups in total. The highest BCUT2D eigenvalue weighted by atomic mass is 127. The van der Waals surface area contributed by atoms with E-state index in [1.54, 1.807) is 0 Å². The van der Waals surface area contributed by atoms with Crippen molar-refractivity contribution in [2.24, 2.45) is 11.8 Å². The average Bonchev–Trinajstić information content (AvgIpc) is 3.01. The van der Waals surface area contributed by atoms with E-state index in [2.05, 4.69) is 27.9 Å². The number of fused-ring (bicyclic) bond motifs is 2. The van der Waals surface area contributed by atoms with E-state index >= 15 is 0 Å². The second kappa shape index (κ2) is 5.33. The summed E-state index contributed by atoms with van der Waals surface area (Å²) in [5, 5.41) is 12.1. The predicted molar refractivity (Wildman–Crippen MR) is 80.3 cm³/mol. The van der Waals surface area contributed by atoms with Crippen molar-refractivity contribution in [3.63, 3.8) is 0 Å². The van der Waals surface area contributed by atoms with Crippen LogP contribution in [0.3, 0.4) is 0 Å². The number of anilines is 1. The van der Waals surface area contributed by atoms with Gasteiger partial charge in [0.2, 0.25) is 5.91 Å². The highest BCUT2D eigenvalue weighted by Crippen LogP contribution is 2.44. The Labute approximate surface area is 129 Å². The zero-order chi connectivity index (χ0) is 14.3. The van der Waals surface area contributed by atoms with Crippen LogP contribution in [0.4, 0.5) is 5.69 Å². The van der Waals surface area contributed by atoms with Crippen molar-refractivity contribution < 1.29 is 19.4 Å². The Balaban J connectivity index is 1.80. The minimum Gasteiger partial charge on any atom is -0.481 e. The van der Waals surface area contributed by atoms with E-state index in [9.17, 15) is 14.7 Å². The molecule has 2 aliphatic rings. The van der Waals surface area contributed by atoms with Gasteiger partial charge in [0.05, 0.1) is 29.7 Å². The molecule has 5 nitrogen and oxygen atoms in total. The Morgan fingerprint density at radius 3 is 2.50 bits per heavy atom. The number of amides is 1. The van der Waals surface area contributed by atoms with Gasteiger partial charge in [0.15, 0.2) is 0 Å². The fraction of sp³-hybridized carbons (Fsp3) is 0.429. The van der Waals surface area contributed by atoms with E-state index in [4.69, 9.17) is 4.74 Å². The number of rotatable bonds is 3. The summed E-state index contributed by atoms with van der Waals surface area (Å²) < 4.78 is 6.53. The molecule has 2 fully saturated rings. The van der Waals surface area contributed by atoms with Gasteiger partial charge in [0.1, 0.15) is 0 Å². The van der Waals surface area contributed by atoms with Gasteiger partial charge in [-0.1, -0.05) is 12.1 Å². The van der Waals surface area contributed by atoms with Crippen LogP contribution < -0.4 is 5.32 Å². The third kappa shape index (κ3) is 2.31. The summed E-state index contributed by atoms with van der Waals surface area (Å²) in [4.78, 5) is 23.8. The van der Waals surface area contributed by atoms with Crippen LogP contribution in [-0.2, 0) is 14.3 Å². The minimum absolute atomic E-state index is 0.256. The molecule has 1 aromatic carbocycles. The minimum atomic E-state index is -0.944. The van der Waals surface area contributed by atoms with E-state index in [1.165, 1.54) is 0 Å². The van der Waals surface area contributed by atoms with Crippen molar-refractivity contribution >= 4 is 40.2 Å². The fourth-order valence-corrected chi connectivity index (χ4v) is 3.63. The SMILES string of the molecule is O=C(O)[C@@H]1[C@H](C(=O)Nc2ccccc2I)[C@@H]2CC[C@H]1O2. The van der Waals surface area contributed by atoms with Crippen LogP contribution >= 0.6 is 22.6 Å². The normalized spacial score (nSPS) is 31.2. The molecule has 1 aromatic rings. The molecule has 0 radical (unpaired) electrons. The maximum absolute atomic E-state index is 12.4. The molecule has 0 unspecified atom stereocenters. The van der Waals surface area contributed by atoms with Gasteiger partial charge >= 0.3 is 5.97 Å². The first-order chi connectivity index (χ1) is 9.58. The fourth-order valence-electron chi connectivity index (χ4n) is 3.10. The highest BCUT2D eigenvalue weighted by molar-refractivity contribution is 14.1. The Hall–Kier alpha value is -1.15. The number of benzene rings is 1. The summed E-state index contributed by atoms with van der Waals surface area (Å²) in [5.41, 5.74) is 0.713. The molecule has 2 saturated heterocycles. The van der Waals surface area contributed by atoms with E-state index in [0.29, 0.717) is 5.69 Å². The van der Waals surface area contributed by atoms with Crippen LogP contribution in [0.1, 0.15) is 12.8 Å². The molecule has 2 heterocycles. The molecule has 0 aliphatic carbocycles. The second-order valence-electron chi connectivity index (χ2n) is 5.15. The van der Waals surface area contributed by atoms with Gasteiger partial charge in [-0.2, -0.15) is 0 Å². The topological polar surface area (TPSA) is 75.6 Å². The molecule has 106 valence electrons. The number of carboxylic acids is 1. The van der Waals surface area contributed by atoms with E-state index in [0.717, 1.165) is 16.4 Å². The average molecular weight is 387 g/mol. The number of hydrogen-bond acceptors (Lipinski definition) is 3. The molecule has 2 aliphatic heterocycles. The summed E-state index contributed by atoms with van der Waals surface area (Å²) in [6.45, 7) is 0. The summed E-state index contributed by atoms with van der Waals surface area (Å²) in [6, 6.07) is 7.42. The third-order valence-electron chi connectivity index (χ3n) is 3.99. The molecule has 0 saturated carbocycles. The van der Waals surface area contributed by atoms with Crippen LogP contribution in [-0.4, -0.2) is 29.2 Å². The summed E-state index contributed by atoms with van der Waals surface area (Å²) in [7, 11) is 0. The van der Waals surface area contributed by atoms with Gasteiger partial charge in [-0.05, 0) is 47.6 Å². The quantitative estimate of drug-likeness (QED) is 0.780. The second-order valence-corrected chi connectivity index (χ2v) is 6.31. The summed E-state index contributed by atoms with van der Waals surface area (Å²) >= 11 is 2.14. The van der Waals surface area contributed by atoms with Crippen molar-refractivity contribution in [2.75, 3.05) is 5.32 Å². The lowest BCUT2D eigenvalue weighted by molar-refractivity contribution is -0.147. The van der Waals surface area contributed by atoms with Gasteiger partial charge in [0, 0.05) is 3.57 Å². The van der Waals surface area contributed by atoms with Crippen LogP contribution in [0.25, 0.3) is 0 Å². The standard InChI is InChI=1S/C14H14INO4/c15-7-3-1-2-4-8(7)16-13(17)11-9-5-6-10(20-9)12(11)14(18)19/h1-4,9-12H,5-6H2,(H,16,17)(H,18,19)/t9-,10+,11+,12-/m0/s1. The molecule has 0 spiro atoms. The maximum atomic E-state index is 12.4. The first-order valence-electron chi connectivity index (χ1n) is 6.51. The van der Waals surface area contributed by atoms with Gasteiger partial charge < -0.3 is 15.2 Å². The summed E-state index contributed by atoms with van der Waals surface area (Å²) in [5.74, 6) is -2.52. The third-order valence-corrected chi connectivity index (χ3v) is 4.93. The van der Waals surface area contributed by atoms with Crippen LogP contribution in [0.2, 0.25) is 0 Å². The molecule has 6 heteroatoms. The zero-order valence-electron chi connectivity index (χ0n) is 10.6. The number of aliphatic carboxylic acids is 1. The number of para-hydroxylation sites is 1. The molecular weight excluding hydrogens is 373 g/mol.